The Hall–Kier alpha value is -1.27. The topological polar surface area (TPSA) is 58.6 Å². The van der Waals surface area contributed by atoms with Crippen molar-refractivity contribution in [2.45, 2.75) is 32.9 Å². The second-order valence-electron chi connectivity index (χ2n) is 5.20. The summed E-state index contributed by atoms with van der Waals surface area (Å²) in [5.41, 5.74) is 1.69. The van der Waals surface area contributed by atoms with Gasteiger partial charge >= 0.3 is 0 Å². The van der Waals surface area contributed by atoms with Crippen LogP contribution in [0.5, 0.6) is 0 Å². The highest BCUT2D eigenvalue weighted by Gasteiger charge is 2.23. The highest BCUT2D eigenvalue weighted by molar-refractivity contribution is 7.92. The van der Waals surface area contributed by atoms with E-state index in [1.807, 2.05) is 12.1 Å². The molecule has 0 radical (unpaired) electrons. The lowest BCUT2D eigenvalue weighted by atomic mass is 10.1. The molecule has 0 saturated carbocycles. The van der Waals surface area contributed by atoms with E-state index in [1.54, 1.807) is 19.1 Å². The van der Waals surface area contributed by atoms with Crippen molar-refractivity contribution in [2.24, 2.45) is 0 Å². The smallest absolute Gasteiger partial charge is 0.232 e. The maximum atomic E-state index is 11.5. The molecule has 20 heavy (non-hydrogen) atoms. The number of nitrogens with one attached hydrogen (secondary N) is 1. The monoisotopic (exact) mass is 298 g/mol. The summed E-state index contributed by atoms with van der Waals surface area (Å²) in [7, 11) is -3.21. The summed E-state index contributed by atoms with van der Waals surface area (Å²) in [6, 6.07) is 7.82. The van der Waals surface area contributed by atoms with Crippen molar-refractivity contribution in [2.75, 3.05) is 28.5 Å². The van der Waals surface area contributed by atoms with Gasteiger partial charge in [0.15, 0.2) is 0 Å². The first-order valence-corrected chi connectivity index (χ1v) is 8.55. The summed E-state index contributed by atoms with van der Waals surface area (Å²) in [6.07, 6.45) is 0.212. The maximum absolute atomic E-state index is 11.5. The van der Waals surface area contributed by atoms with Crippen LogP contribution >= 0.6 is 0 Å². The third kappa shape index (κ3) is 3.64. The van der Waals surface area contributed by atoms with Gasteiger partial charge in [-0.05, 0) is 45.0 Å². The van der Waals surface area contributed by atoms with Gasteiger partial charge in [-0.25, -0.2) is 8.42 Å². The molecule has 1 aliphatic rings. The SMILES string of the molecule is CCS(=O)(=O)Nc1ccc(N2CC(C)OCC2C)cc1. The molecule has 1 heterocycles. The summed E-state index contributed by atoms with van der Waals surface area (Å²) in [4.78, 5) is 2.28. The molecule has 1 aromatic rings. The van der Waals surface area contributed by atoms with Crippen LogP contribution in [-0.2, 0) is 14.8 Å². The van der Waals surface area contributed by atoms with Gasteiger partial charge in [0.05, 0.1) is 18.5 Å². The van der Waals surface area contributed by atoms with E-state index in [-0.39, 0.29) is 11.9 Å². The molecule has 1 fully saturated rings. The Bertz CT molecular complexity index is 542. The molecule has 1 aliphatic heterocycles. The van der Waals surface area contributed by atoms with Crippen molar-refractivity contribution in [3.63, 3.8) is 0 Å². The van der Waals surface area contributed by atoms with Crippen LogP contribution in [-0.4, -0.2) is 39.5 Å². The Kier molecular flexibility index (Phi) is 4.55. The van der Waals surface area contributed by atoms with Gasteiger partial charge in [-0.1, -0.05) is 0 Å². The van der Waals surface area contributed by atoms with Crippen molar-refractivity contribution in [3.05, 3.63) is 24.3 Å². The first-order valence-electron chi connectivity index (χ1n) is 6.90. The average Bonchev–Trinajstić information content (AvgIpc) is 2.42. The number of hydrogen-bond donors (Lipinski definition) is 1. The lowest BCUT2D eigenvalue weighted by molar-refractivity contribution is 0.0344. The molecular weight excluding hydrogens is 276 g/mol. The number of rotatable bonds is 4. The van der Waals surface area contributed by atoms with E-state index in [2.05, 4.69) is 23.5 Å². The zero-order chi connectivity index (χ0) is 14.8. The molecule has 1 aromatic carbocycles. The molecule has 2 atom stereocenters. The van der Waals surface area contributed by atoms with E-state index in [4.69, 9.17) is 4.74 Å². The summed E-state index contributed by atoms with van der Waals surface area (Å²) < 4.78 is 31.2. The minimum absolute atomic E-state index is 0.0762. The molecule has 1 N–H and O–H groups in total. The fourth-order valence-corrected chi connectivity index (χ4v) is 2.88. The zero-order valence-corrected chi connectivity index (χ0v) is 13.0. The normalized spacial score (nSPS) is 23.6. The van der Waals surface area contributed by atoms with Gasteiger partial charge in [0.2, 0.25) is 10.0 Å². The Balaban J connectivity index is 2.11. The van der Waals surface area contributed by atoms with Crippen LogP contribution in [0, 0.1) is 0 Å². The summed E-state index contributed by atoms with van der Waals surface area (Å²) in [5, 5.41) is 0. The van der Waals surface area contributed by atoms with Crippen LogP contribution in [0.4, 0.5) is 11.4 Å². The molecule has 0 bridgehead atoms. The lowest BCUT2D eigenvalue weighted by Gasteiger charge is -2.38. The molecule has 0 aromatic heterocycles. The van der Waals surface area contributed by atoms with E-state index >= 15 is 0 Å². The quantitative estimate of drug-likeness (QED) is 0.924. The number of ether oxygens (including phenoxy) is 1. The minimum Gasteiger partial charge on any atom is -0.375 e. The Morgan fingerprint density at radius 1 is 1.30 bits per heavy atom. The molecule has 0 spiro atoms. The van der Waals surface area contributed by atoms with Crippen molar-refractivity contribution >= 4 is 21.4 Å². The van der Waals surface area contributed by atoms with E-state index in [0.717, 1.165) is 12.2 Å². The van der Waals surface area contributed by atoms with Gasteiger partial charge in [-0.3, -0.25) is 4.72 Å². The maximum Gasteiger partial charge on any atom is 0.232 e. The van der Waals surface area contributed by atoms with Crippen LogP contribution in [0.2, 0.25) is 0 Å². The first kappa shape index (κ1) is 15.1. The van der Waals surface area contributed by atoms with Gasteiger partial charge in [0, 0.05) is 24.0 Å². The summed E-state index contributed by atoms with van der Waals surface area (Å²) in [6.45, 7) is 7.36. The molecule has 5 nitrogen and oxygen atoms in total. The molecule has 0 amide bonds. The summed E-state index contributed by atoms with van der Waals surface area (Å²) in [5.74, 6) is 0.0762. The molecule has 1 saturated heterocycles. The van der Waals surface area contributed by atoms with Crippen LogP contribution in [0.15, 0.2) is 24.3 Å². The minimum atomic E-state index is -3.21. The third-order valence-electron chi connectivity index (χ3n) is 3.46. The Labute approximate surface area is 121 Å². The molecule has 112 valence electrons. The fraction of sp³-hybridized carbons (Fsp3) is 0.571. The van der Waals surface area contributed by atoms with Crippen LogP contribution in [0.3, 0.4) is 0 Å². The van der Waals surface area contributed by atoms with Gasteiger partial charge < -0.3 is 9.64 Å². The second kappa shape index (κ2) is 6.01. The lowest BCUT2D eigenvalue weighted by Crippen LogP contribution is -2.47. The highest BCUT2D eigenvalue weighted by Crippen LogP contribution is 2.23. The Morgan fingerprint density at radius 2 is 1.95 bits per heavy atom. The molecule has 0 aliphatic carbocycles. The molecule has 6 heteroatoms. The molecular formula is C14H22N2O3S. The average molecular weight is 298 g/mol. The van der Waals surface area contributed by atoms with Gasteiger partial charge in [0.25, 0.3) is 0 Å². The van der Waals surface area contributed by atoms with Crippen LogP contribution < -0.4 is 9.62 Å². The van der Waals surface area contributed by atoms with Gasteiger partial charge in [0.1, 0.15) is 0 Å². The predicted molar refractivity (Wildman–Crippen MR) is 81.7 cm³/mol. The standard InChI is InChI=1S/C14H22N2O3S/c1-4-20(17,18)15-13-5-7-14(8-6-13)16-9-12(3)19-10-11(16)2/h5-8,11-12,15H,4,9-10H2,1-3H3. The number of morpholine rings is 1. The number of benzene rings is 1. The van der Waals surface area contributed by atoms with Crippen LogP contribution in [0.1, 0.15) is 20.8 Å². The first-order chi connectivity index (χ1) is 9.41. The number of nitrogens with zero attached hydrogens (tertiary/aromatic N) is 1. The van der Waals surface area contributed by atoms with E-state index in [0.29, 0.717) is 18.3 Å². The third-order valence-corrected chi connectivity index (χ3v) is 4.77. The van der Waals surface area contributed by atoms with E-state index in [1.165, 1.54) is 0 Å². The Morgan fingerprint density at radius 3 is 2.55 bits per heavy atom. The number of anilines is 2. The van der Waals surface area contributed by atoms with Crippen molar-refractivity contribution in [1.82, 2.24) is 0 Å². The van der Waals surface area contributed by atoms with Crippen LogP contribution in [0.25, 0.3) is 0 Å². The molecule has 2 unspecified atom stereocenters. The van der Waals surface area contributed by atoms with Gasteiger partial charge in [-0.2, -0.15) is 0 Å². The van der Waals surface area contributed by atoms with Crippen molar-refractivity contribution in [3.8, 4) is 0 Å². The zero-order valence-electron chi connectivity index (χ0n) is 12.2. The van der Waals surface area contributed by atoms with E-state index in [9.17, 15) is 8.42 Å². The number of hydrogen-bond acceptors (Lipinski definition) is 4. The molecule has 2 rings (SSSR count). The number of sulfonamides is 1. The van der Waals surface area contributed by atoms with Crippen molar-refractivity contribution in [1.29, 1.82) is 0 Å². The fourth-order valence-electron chi connectivity index (χ4n) is 2.24. The largest absolute Gasteiger partial charge is 0.375 e. The second-order valence-corrected chi connectivity index (χ2v) is 7.21. The predicted octanol–water partition coefficient (Wildman–Crippen LogP) is 2.06. The van der Waals surface area contributed by atoms with E-state index < -0.39 is 10.0 Å². The summed E-state index contributed by atoms with van der Waals surface area (Å²) >= 11 is 0. The van der Waals surface area contributed by atoms with Crippen molar-refractivity contribution < 1.29 is 13.2 Å². The van der Waals surface area contributed by atoms with Gasteiger partial charge in [-0.15, -0.1) is 0 Å². The highest BCUT2D eigenvalue weighted by atomic mass is 32.2.